The highest BCUT2D eigenvalue weighted by molar-refractivity contribution is 5.85. The van der Waals surface area contributed by atoms with E-state index in [4.69, 9.17) is 0 Å². The second kappa shape index (κ2) is 8.49. The first-order valence-electron chi connectivity index (χ1n) is 6.57. The topological polar surface area (TPSA) is 59.0 Å². The van der Waals surface area contributed by atoms with Crippen molar-refractivity contribution in [3.8, 4) is 0 Å². The summed E-state index contributed by atoms with van der Waals surface area (Å²) < 4.78 is 1.76. The molecular weight excluding hydrogens is 299 g/mol. The number of rotatable bonds is 3. The monoisotopic (exact) mass is 322 g/mol. The van der Waals surface area contributed by atoms with Crippen LogP contribution in [0.25, 0.3) is 0 Å². The molecule has 1 aliphatic heterocycles. The Morgan fingerprint density at radius 1 is 1.50 bits per heavy atom. The lowest BCUT2D eigenvalue weighted by Crippen LogP contribution is -2.50. The summed E-state index contributed by atoms with van der Waals surface area (Å²) in [6, 6.07) is 2.22. The van der Waals surface area contributed by atoms with Crippen LogP contribution >= 0.6 is 24.8 Å². The number of hydrogen-bond donors (Lipinski definition) is 2. The Morgan fingerprint density at radius 3 is 2.75 bits per heavy atom. The molecule has 116 valence electrons. The molecule has 20 heavy (non-hydrogen) atoms. The third-order valence-corrected chi connectivity index (χ3v) is 3.57. The normalized spacial score (nSPS) is 21.6. The third kappa shape index (κ3) is 4.96. The number of halogens is 2. The van der Waals surface area contributed by atoms with Crippen molar-refractivity contribution in [3.05, 3.63) is 17.5 Å². The smallest absolute Gasteiger partial charge is 0.242 e. The summed E-state index contributed by atoms with van der Waals surface area (Å²) in [5.74, 6) is 0.581. The number of carbonyl (C=O) groups is 1. The molecule has 0 bridgehead atoms. The van der Waals surface area contributed by atoms with Gasteiger partial charge >= 0.3 is 0 Å². The van der Waals surface area contributed by atoms with Gasteiger partial charge in [0.2, 0.25) is 5.91 Å². The summed E-state index contributed by atoms with van der Waals surface area (Å²) in [5, 5.41) is 10.7. The zero-order valence-electron chi connectivity index (χ0n) is 12.2. The number of carbonyl (C=O) groups excluding carboxylic acids is 1. The van der Waals surface area contributed by atoms with Crippen LogP contribution in [0.5, 0.6) is 0 Å². The molecule has 1 aliphatic rings. The lowest BCUT2D eigenvalue weighted by atomic mass is 9.95. The molecule has 1 fully saturated rings. The molecule has 0 aromatic carbocycles. The van der Waals surface area contributed by atoms with Crippen molar-refractivity contribution in [2.45, 2.75) is 39.8 Å². The van der Waals surface area contributed by atoms with Gasteiger partial charge in [-0.25, -0.2) is 0 Å². The zero-order valence-corrected chi connectivity index (χ0v) is 13.8. The molecule has 5 nitrogen and oxygen atoms in total. The Labute approximate surface area is 132 Å². The lowest BCUT2D eigenvalue weighted by molar-refractivity contribution is -0.123. The summed E-state index contributed by atoms with van der Waals surface area (Å²) in [6.07, 6.45) is 1.12. The maximum atomic E-state index is 12.0. The van der Waals surface area contributed by atoms with E-state index in [0.717, 1.165) is 30.9 Å². The Hall–Kier alpha value is -0.780. The lowest BCUT2D eigenvalue weighted by Gasteiger charge is -2.30. The fourth-order valence-electron chi connectivity index (χ4n) is 2.41. The van der Waals surface area contributed by atoms with Crippen molar-refractivity contribution in [1.82, 2.24) is 20.4 Å². The van der Waals surface area contributed by atoms with Crippen LogP contribution < -0.4 is 10.6 Å². The Bertz CT molecular complexity index is 436. The van der Waals surface area contributed by atoms with Gasteiger partial charge in [-0.1, -0.05) is 6.92 Å². The largest absolute Gasteiger partial charge is 0.350 e. The van der Waals surface area contributed by atoms with Crippen molar-refractivity contribution in [2.75, 3.05) is 13.1 Å². The van der Waals surface area contributed by atoms with E-state index < -0.39 is 0 Å². The van der Waals surface area contributed by atoms with Crippen LogP contribution in [0.2, 0.25) is 0 Å². The molecular formula is C13H24Cl2N4O. The van der Waals surface area contributed by atoms with Crippen molar-refractivity contribution in [2.24, 2.45) is 5.92 Å². The van der Waals surface area contributed by atoms with Gasteiger partial charge in [-0.2, -0.15) is 5.10 Å². The SMILES string of the molecule is Cc1cc(C)n(CC(=O)NC2CNCCC2C)n1.Cl.Cl. The molecule has 1 aromatic heterocycles. The molecule has 2 unspecified atom stereocenters. The quantitative estimate of drug-likeness (QED) is 0.885. The molecule has 2 rings (SSSR count). The summed E-state index contributed by atoms with van der Waals surface area (Å²) in [7, 11) is 0. The third-order valence-electron chi connectivity index (χ3n) is 3.57. The number of aromatic nitrogens is 2. The van der Waals surface area contributed by atoms with Crippen molar-refractivity contribution >= 4 is 30.7 Å². The standard InChI is InChI=1S/C13H22N4O.2ClH/c1-9-4-5-14-7-12(9)15-13(18)8-17-11(3)6-10(2)16-17;;/h6,9,12,14H,4-5,7-8H2,1-3H3,(H,15,18);2*1H. The number of piperidine rings is 1. The highest BCUT2D eigenvalue weighted by Crippen LogP contribution is 2.11. The van der Waals surface area contributed by atoms with Gasteiger partial charge in [0.1, 0.15) is 6.54 Å². The number of aryl methyl sites for hydroxylation is 2. The van der Waals surface area contributed by atoms with E-state index in [-0.39, 0.29) is 36.8 Å². The summed E-state index contributed by atoms with van der Waals surface area (Å²) in [5.41, 5.74) is 1.98. The first-order valence-corrected chi connectivity index (χ1v) is 6.57. The van der Waals surface area contributed by atoms with Crippen molar-refractivity contribution in [1.29, 1.82) is 0 Å². The molecule has 7 heteroatoms. The average molecular weight is 323 g/mol. The fourth-order valence-corrected chi connectivity index (χ4v) is 2.41. The molecule has 1 amide bonds. The van der Waals surface area contributed by atoms with E-state index in [1.54, 1.807) is 4.68 Å². The average Bonchev–Trinajstić information content (AvgIpc) is 2.61. The highest BCUT2D eigenvalue weighted by Gasteiger charge is 2.22. The van der Waals surface area contributed by atoms with Crippen LogP contribution in [0.3, 0.4) is 0 Å². The van der Waals surface area contributed by atoms with E-state index >= 15 is 0 Å². The van der Waals surface area contributed by atoms with E-state index in [1.807, 2.05) is 19.9 Å². The maximum Gasteiger partial charge on any atom is 0.242 e. The molecule has 2 heterocycles. The van der Waals surface area contributed by atoms with Crippen LogP contribution in [0.15, 0.2) is 6.07 Å². The molecule has 0 radical (unpaired) electrons. The van der Waals surface area contributed by atoms with Crippen molar-refractivity contribution < 1.29 is 4.79 Å². The summed E-state index contributed by atoms with van der Waals surface area (Å²) in [4.78, 5) is 12.0. The predicted octanol–water partition coefficient (Wildman–Crippen LogP) is 1.46. The van der Waals surface area contributed by atoms with E-state index in [9.17, 15) is 4.79 Å². The molecule has 2 atom stereocenters. The number of nitrogens with one attached hydrogen (secondary N) is 2. The van der Waals surface area contributed by atoms with Crippen LogP contribution in [-0.2, 0) is 11.3 Å². The van der Waals surface area contributed by atoms with Gasteiger partial charge in [-0.3, -0.25) is 9.48 Å². The second-order valence-electron chi connectivity index (χ2n) is 5.23. The van der Waals surface area contributed by atoms with Gasteiger partial charge in [0.25, 0.3) is 0 Å². The maximum absolute atomic E-state index is 12.0. The van der Waals surface area contributed by atoms with Gasteiger partial charge < -0.3 is 10.6 Å². The molecule has 0 spiro atoms. The summed E-state index contributed by atoms with van der Waals surface area (Å²) in [6.45, 7) is 8.32. The minimum Gasteiger partial charge on any atom is -0.350 e. The van der Waals surface area contributed by atoms with Gasteiger partial charge in [0.05, 0.1) is 5.69 Å². The van der Waals surface area contributed by atoms with Gasteiger partial charge in [-0.15, -0.1) is 24.8 Å². The summed E-state index contributed by atoms with van der Waals surface area (Å²) >= 11 is 0. The van der Waals surface area contributed by atoms with Crippen LogP contribution in [0.4, 0.5) is 0 Å². The Morgan fingerprint density at radius 2 is 2.20 bits per heavy atom. The van der Waals surface area contributed by atoms with Gasteiger partial charge in [-0.05, 0) is 38.8 Å². The molecule has 0 aliphatic carbocycles. The van der Waals surface area contributed by atoms with Gasteiger partial charge in [0, 0.05) is 18.3 Å². The molecule has 1 aromatic rings. The molecule has 2 N–H and O–H groups in total. The first kappa shape index (κ1) is 19.2. The molecule has 1 saturated heterocycles. The number of amides is 1. The minimum absolute atomic E-state index is 0. The fraction of sp³-hybridized carbons (Fsp3) is 0.692. The van der Waals surface area contributed by atoms with E-state index in [2.05, 4.69) is 22.7 Å². The Kier molecular flexibility index (Phi) is 8.16. The zero-order chi connectivity index (χ0) is 13.1. The van der Waals surface area contributed by atoms with E-state index in [0.29, 0.717) is 12.5 Å². The van der Waals surface area contributed by atoms with Crippen LogP contribution in [0.1, 0.15) is 24.7 Å². The minimum atomic E-state index is 0. The predicted molar refractivity (Wildman–Crippen MR) is 84.8 cm³/mol. The Balaban J connectivity index is 0.00000180. The van der Waals surface area contributed by atoms with Crippen molar-refractivity contribution in [3.63, 3.8) is 0 Å². The van der Waals surface area contributed by atoms with Crippen LogP contribution in [0, 0.1) is 19.8 Å². The molecule has 0 saturated carbocycles. The number of nitrogens with zero attached hydrogens (tertiary/aromatic N) is 2. The second-order valence-corrected chi connectivity index (χ2v) is 5.23. The van der Waals surface area contributed by atoms with Crippen LogP contribution in [-0.4, -0.2) is 34.8 Å². The first-order chi connectivity index (χ1) is 8.56. The van der Waals surface area contributed by atoms with E-state index in [1.165, 1.54) is 0 Å². The highest BCUT2D eigenvalue weighted by atomic mass is 35.5. The number of hydrogen-bond acceptors (Lipinski definition) is 3. The van der Waals surface area contributed by atoms with Gasteiger partial charge in [0.15, 0.2) is 0 Å².